The van der Waals surface area contributed by atoms with E-state index < -0.39 is 11.4 Å². The molecular formula is C15H27N3O3. The van der Waals surface area contributed by atoms with Gasteiger partial charge in [-0.25, -0.2) is 4.79 Å². The maximum absolute atomic E-state index is 12.0. The van der Waals surface area contributed by atoms with Crippen LogP contribution >= 0.6 is 0 Å². The number of aliphatic carboxylic acids is 1. The van der Waals surface area contributed by atoms with Crippen LogP contribution in [0.25, 0.3) is 0 Å². The summed E-state index contributed by atoms with van der Waals surface area (Å²) >= 11 is 0. The van der Waals surface area contributed by atoms with Gasteiger partial charge < -0.3 is 15.7 Å². The summed E-state index contributed by atoms with van der Waals surface area (Å²) < 4.78 is 0. The molecule has 6 nitrogen and oxygen atoms in total. The van der Waals surface area contributed by atoms with Crippen LogP contribution in [0.2, 0.25) is 0 Å². The third kappa shape index (κ3) is 3.48. The Morgan fingerprint density at radius 2 is 2.10 bits per heavy atom. The Morgan fingerprint density at radius 3 is 2.76 bits per heavy atom. The second-order valence-corrected chi connectivity index (χ2v) is 6.45. The van der Waals surface area contributed by atoms with Crippen LogP contribution in [-0.4, -0.2) is 53.7 Å². The maximum Gasteiger partial charge on any atom is 0.315 e. The van der Waals surface area contributed by atoms with Gasteiger partial charge in [-0.3, -0.25) is 9.69 Å². The van der Waals surface area contributed by atoms with Crippen molar-refractivity contribution < 1.29 is 14.7 Å². The Labute approximate surface area is 126 Å². The largest absolute Gasteiger partial charge is 0.481 e. The van der Waals surface area contributed by atoms with Gasteiger partial charge in [0.25, 0.3) is 0 Å². The summed E-state index contributed by atoms with van der Waals surface area (Å²) in [6, 6.07) is -0.103. The number of hydrogen-bond acceptors (Lipinski definition) is 3. The van der Waals surface area contributed by atoms with E-state index in [0.717, 1.165) is 32.4 Å². The van der Waals surface area contributed by atoms with Crippen molar-refractivity contribution in [3.05, 3.63) is 0 Å². The highest BCUT2D eigenvalue weighted by Gasteiger charge is 2.45. The van der Waals surface area contributed by atoms with Gasteiger partial charge in [-0.15, -0.1) is 0 Å². The quantitative estimate of drug-likeness (QED) is 0.716. The molecule has 0 aromatic rings. The number of carbonyl (C=O) groups excluding carboxylic acids is 1. The lowest BCUT2D eigenvalue weighted by Crippen LogP contribution is -2.52. The van der Waals surface area contributed by atoms with Gasteiger partial charge in [0.2, 0.25) is 0 Å². The van der Waals surface area contributed by atoms with Crippen LogP contribution in [0, 0.1) is 5.41 Å². The maximum atomic E-state index is 12.0. The number of nitrogens with one attached hydrogen (secondary N) is 2. The van der Waals surface area contributed by atoms with Crippen molar-refractivity contribution in [3.8, 4) is 0 Å². The molecule has 1 saturated carbocycles. The van der Waals surface area contributed by atoms with Crippen molar-refractivity contribution >= 4 is 12.0 Å². The van der Waals surface area contributed by atoms with E-state index in [4.69, 9.17) is 0 Å². The minimum absolute atomic E-state index is 0.239. The Kier molecular flexibility index (Phi) is 5.08. The predicted molar refractivity (Wildman–Crippen MR) is 80.2 cm³/mol. The van der Waals surface area contributed by atoms with E-state index in [1.54, 1.807) is 6.92 Å². The van der Waals surface area contributed by atoms with Crippen molar-refractivity contribution in [2.75, 3.05) is 19.6 Å². The van der Waals surface area contributed by atoms with Crippen LogP contribution in [0.4, 0.5) is 4.79 Å². The number of amides is 2. The zero-order valence-corrected chi connectivity index (χ0v) is 13.0. The Hall–Kier alpha value is -1.30. The molecule has 0 aromatic heterocycles. The number of hydrogen-bond donors (Lipinski definition) is 3. The van der Waals surface area contributed by atoms with Gasteiger partial charge in [0.05, 0.1) is 5.41 Å². The number of nitrogens with zero attached hydrogens (tertiary/aromatic N) is 1. The second kappa shape index (κ2) is 6.64. The van der Waals surface area contributed by atoms with Gasteiger partial charge >= 0.3 is 12.0 Å². The molecule has 1 saturated heterocycles. The number of urea groups is 1. The van der Waals surface area contributed by atoms with Gasteiger partial charge in [-0.1, -0.05) is 13.3 Å². The highest BCUT2D eigenvalue weighted by Crippen LogP contribution is 2.38. The fourth-order valence-electron chi connectivity index (χ4n) is 3.62. The molecule has 0 spiro atoms. The molecule has 0 aromatic carbocycles. The number of carboxylic acids is 1. The standard InChI is InChI=1S/C15H27N3O3/c1-3-18-9-5-6-11(18)10-16-14(21)17-12-7-4-8-15(12,2)13(19)20/h11-12H,3-10H2,1-2H3,(H,19,20)(H2,16,17,21). The van der Waals surface area contributed by atoms with Gasteiger partial charge in [-0.05, 0) is 45.7 Å². The third-order valence-electron chi connectivity index (χ3n) is 5.16. The molecule has 6 heteroatoms. The molecular weight excluding hydrogens is 270 g/mol. The van der Waals surface area contributed by atoms with Crippen LogP contribution < -0.4 is 10.6 Å². The molecule has 0 bridgehead atoms. The molecule has 3 atom stereocenters. The van der Waals surface area contributed by atoms with Crippen LogP contribution in [0.3, 0.4) is 0 Å². The first kappa shape index (κ1) is 16.1. The first-order chi connectivity index (χ1) is 9.97. The normalized spacial score (nSPS) is 33.0. The van der Waals surface area contributed by atoms with Crippen LogP contribution in [0.15, 0.2) is 0 Å². The summed E-state index contributed by atoms with van der Waals surface area (Å²) in [5, 5.41) is 15.1. The number of carboxylic acid groups (broad SMARTS) is 1. The number of rotatable bonds is 5. The van der Waals surface area contributed by atoms with Crippen molar-refractivity contribution in [2.45, 2.75) is 58.0 Å². The van der Waals surface area contributed by atoms with Gasteiger partial charge in [-0.2, -0.15) is 0 Å². The Bertz CT molecular complexity index is 402. The fourth-order valence-corrected chi connectivity index (χ4v) is 3.62. The third-order valence-corrected chi connectivity index (χ3v) is 5.16. The number of carbonyl (C=O) groups is 2. The molecule has 1 aliphatic carbocycles. The lowest BCUT2D eigenvalue weighted by atomic mass is 9.85. The lowest BCUT2D eigenvalue weighted by molar-refractivity contribution is -0.148. The van der Waals surface area contributed by atoms with E-state index in [9.17, 15) is 14.7 Å². The lowest BCUT2D eigenvalue weighted by Gasteiger charge is -2.28. The molecule has 21 heavy (non-hydrogen) atoms. The van der Waals surface area contributed by atoms with E-state index in [2.05, 4.69) is 22.5 Å². The summed E-state index contributed by atoms with van der Waals surface area (Å²) in [7, 11) is 0. The van der Waals surface area contributed by atoms with Crippen LogP contribution in [0.5, 0.6) is 0 Å². The first-order valence-corrected chi connectivity index (χ1v) is 7.99. The zero-order valence-electron chi connectivity index (χ0n) is 13.0. The van der Waals surface area contributed by atoms with E-state index in [0.29, 0.717) is 19.0 Å². The summed E-state index contributed by atoms with van der Waals surface area (Å²) in [5.74, 6) is -0.821. The Morgan fingerprint density at radius 1 is 1.33 bits per heavy atom. The Balaban J connectivity index is 1.80. The fraction of sp³-hybridized carbons (Fsp3) is 0.867. The summed E-state index contributed by atoms with van der Waals surface area (Å²) in [6.45, 7) is 6.60. The topological polar surface area (TPSA) is 81.7 Å². The highest BCUT2D eigenvalue weighted by atomic mass is 16.4. The zero-order chi connectivity index (χ0) is 15.5. The van der Waals surface area contributed by atoms with Crippen molar-refractivity contribution in [2.24, 2.45) is 5.41 Å². The molecule has 3 unspecified atom stereocenters. The van der Waals surface area contributed by atoms with Gasteiger partial charge in [0, 0.05) is 18.6 Å². The molecule has 2 amide bonds. The average molecular weight is 297 g/mol. The molecule has 1 heterocycles. The summed E-state index contributed by atoms with van der Waals surface area (Å²) in [6.07, 6.45) is 4.51. The summed E-state index contributed by atoms with van der Waals surface area (Å²) in [4.78, 5) is 25.8. The molecule has 0 radical (unpaired) electrons. The minimum atomic E-state index is -0.833. The number of likely N-dealkylation sites (N-methyl/N-ethyl adjacent to an activating group) is 1. The highest BCUT2D eigenvalue weighted by molar-refractivity contribution is 5.79. The van der Waals surface area contributed by atoms with E-state index >= 15 is 0 Å². The molecule has 2 rings (SSSR count). The first-order valence-electron chi connectivity index (χ1n) is 7.99. The van der Waals surface area contributed by atoms with Gasteiger partial charge in [0.1, 0.15) is 0 Å². The predicted octanol–water partition coefficient (Wildman–Crippen LogP) is 1.41. The van der Waals surface area contributed by atoms with E-state index in [-0.39, 0.29) is 12.1 Å². The monoisotopic (exact) mass is 297 g/mol. The molecule has 1 aliphatic heterocycles. The molecule has 2 fully saturated rings. The molecule has 2 aliphatic rings. The van der Waals surface area contributed by atoms with Crippen LogP contribution in [-0.2, 0) is 4.79 Å². The average Bonchev–Trinajstić information content (AvgIpc) is 3.04. The van der Waals surface area contributed by atoms with Gasteiger partial charge in [0.15, 0.2) is 0 Å². The minimum Gasteiger partial charge on any atom is -0.481 e. The van der Waals surface area contributed by atoms with Crippen molar-refractivity contribution in [1.82, 2.24) is 15.5 Å². The van der Waals surface area contributed by atoms with Crippen LogP contribution in [0.1, 0.15) is 46.0 Å². The molecule has 3 N–H and O–H groups in total. The smallest absolute Gasteiger partial charge is 0.315 e. The number of likely N-dealkylation sites (tertiary alicyclic amines) is 1. The van der Waals surface area contributed by atoms with E-state index in [1.807, 2.05) is 0 Å². The van der Waals surface area contributed by atoms with Crippen molar-refractivity contribution in [1.29, 1.82) is 0 Å². The SMILES string of the molecule is CCN1CCCC1CNC(=O)NC1CCCC1(C)C(=O)O. The molecule has 120 valence electrons. The van der Waals surface area contributed by atoms with Crippen molar-refractivity contribution in [3.63, 3.8) is 0 Å². The second-order valence-electron chi connectivity index (χ2n) is 6.45. The summed E-state index contributed by atoms with van der Waals surface area (Å²) in [5.41, 5.74) is -0.833. The van der Waals surface area contributed by atoms with E-state index in [1.165, 1.54) is 6.42 Å².